The van der Waals surface area contributed by atoms with Crippen LogP contribution in [0.4, 0.5) is 8.78 Å². The Balaban J connectivity index is 2.84. The van der Waals surface area contributed by atoms with Crippen molar-refractivity contribution >= 4 is 16.1 Å². The molecule has 9 heteroatoms. The zero-order valence-electron chi connectivity index (χ0n) is 9.08. The summed E-state index contributed by atoms with van der Waals surface area (Å²) in [7, 11) is -5.65. The van der Waals surface area contributed by atoms with Crippen molar-refractivity contribution in [1.82, 2.24) is 4.98 Å². The summed E-state index contributed by atoms with van der Waals surface area (Å²) < 4.78 is 59.6. The SMILES string of the molecule is CC(OC(=O)c1ccncc1)C(F)(F)S(=O)(=O)O. The fraction of sp³-hybridized carbons (Fsp3) is 0.333. The molecule has 0 amide bonds. The second kappa shape index (κ2) is 4.94. The van der Waals surface area contributed by atoms with Gasteiger partial charge in [-0.3, -0.25) is 9.54 Å². The van der Waals surface area contributed by atoms with E-state index in [4.69, 9.17) is 4.55 Å². The number of aromatic nitrogens is 1. The van der Waals surface area contributed by atoms with Gasteiger partial charge >= 0.3 is 21.3 Å². The monoisotopic (exact) mass is 281 g/mol. The van der Waals surface area contributed by atoms with E-state index in [0.29, 0.717) is 6.92 Å². The summed E-state index contributed by atoms with van der Waals surface area (Å²) in [5, 5.41) is -4.57. The Morgan fingerprint density at radius 2 is 1.94 bits per heavy atom. The molecule has 0 aliphatic carbocycles. The lowest BCUT2D eigenvalue weighted by molar-refractivity contribution is -0.0550. The second-order valence-electron chi connectivity index (χ2n) is 3.32. The molecule has 0 spiro atoms. The molecule has 1 aromatic rings. The molecular formula is C9H9F2NO5S. The predicted molar refractivity (Wildman–Crippen MR) is 55.6 cm³/mol. The lowest BCUT2D eigenvalue weighted by Crippen LogP contribution is -2.42. The van der Waals surface area contributed by atoms with Crippen LogP contribution >= 0.6 is 0 Å². The van der Waals surface area contributed by atoms with Crippen molar-refractivity contribution in [3.63, 3.8) is 0 Å². The quantitative estimate of drug-likeness (QED) is 0.656. The summed E-state index contributed by atoms with van der Waals surface area (Å²) in [6, 6.07) is 2.42. The van der Waals surface area contributed by atoms with E-state index in [9.17, 15) is 22.0 Å². The number of halogens is 2. The molecule has 0 saturated heterocycles. The molecule has 0 bridgehead atoms. The molecule has 100 valence electrons. The molecule has 0 fully saturated rings. The van der Waals surface area contributed by atoms with Gasteiger partial charge in [0.2, 0.25) is 0 Å². The number of pyridine rings is 1. The van der Waals surface area contributed by atoms with E-state index in [-0.39, 0.29) is 5.56 Å². The first kappa shape index (κ1) is 14.5. The third-order valence-corrected chi connectivity index (χ3v) is 3.04. The van der Waals surface area contributed by atoms with Crippen LogP contribution in [0.2, 0.25) is 0 Å². The molecule has 18 heavy (non-hydrogen) atoms. The van der Waals surface area contributed by atoms with Gasteiger partial charge in [0.15, 0.2) is 6.10 Å². The smallest absolute Gasteiger partial charge is 0.405 e. The zero-order chi connectivity index (χ0) is 14.0. The van der Waals surface area contributed by atoms with Gasteiger partial charge in [0, 0.05) is 12.4 Å². The largest absolute Gasteiger partial charge is 0.451 e. The van der Waals surface area contributed by atoms with E-state index >= 15 is 0 Å². The summed E-state index contributed by atoms with van der Waals surface area (Å²) in [4.78, 5) is 15.0. The van der Waals surface area contributed by atoms with Gasteiger partial charge in [-0.05, 0) is 19.1 Å². The maximum absolute atomic E-state index is 13.1. The summed E-state index contributed by atoms with van der Waals surface area (Å²) in [5.41, 5.74) is -0.0667. The van der Waals surface area contributed by atoms with Gasteiger partial charge in [-0.1, -0.05) is 0 Å². The van der Waals surface area contributed by atoms with Gasteiger partial charge in [-0.25, -0.2) is 4.79 Å². The number of esters is 1. The van der Waals surface area contributed by atoms with Crippen LogP contribution in [0.5, 0.6) is 0 Å². The van der Waals surface area contributed by atoms with E-state index in [0.717, 1.165) is 0 Å². The first-order chi connectivity index (χ1) is 8.16. The zero-order valence-corrected chi connectivity index (χ0v) is 9.89. The van der Waals surface area contributed by atoms with E-state index in [2.05, 4.69) is 9.72 Å². The lowest BCUT2D eigenvalue weighted by atomic mass is 10.3. The van der Waals surface area contributed by atoms with E-state index in [1.165, 1.54) is 24.5 Å². The van der Waals surface area contributed by atoms with Gasteiger partial charge in [0.05, 0.1) is 5.56 Å². The van der Waals surface area contributed by atoms with E-state index in [1.54, 1.807) is 0 Å². The standard InChI is InChI=1S/C9H9F2NO5S/c1-6(9(10,11)18(14,15)16)17-8(13)7-2-4-12-5-3-7/h2-6H,1H3,(H,14,15,16). The van der Waals surface area contributed by atoms with Gasteiger partial charge in [-0.15, -0.1) is 0 Å². The van der Waals surface area contributed by atoms with Crippen LogP contribution in [-0.4, -0.2) is 35.3 Å². The molecule has 0 aromatic carbocycles. The van der Waals surface area contributed by atoms with Crippen LogP contribution in [0.15, 0.2) is 24.5 Å². The summed E-state index contributed by atoms with van der Waals surface area (Å²) >= 11 is 0. The molecule has 1 heterocycles. The van der Waals surface area contributed by atoms with Crippen molar-refractivity contribution in [1.29, 1.82) is 0 Å². The summed E-state index contributed by atoms with van der Waals surface area (Å²) in [6.07, 6.45) is 0.151. The maximum Gasteiger partial charge on any atom is 0.405 e. The molecule has 1 rings (SSSR count). The maximum atomic E-state index is 13.1. The topological polar surface area (TPSA) is 93.6 Å². The minimum absolute atomic E-state index is 0.0667. The van der Waals surface area contributed by atoms with Crippen LogP contribution < -0.4 is 0 Å². The number of carbonyl (C=O) groups is 1. The normalized spacial score (nSPS) is 14.0. The molecule has 6 nitrogen and oxygen atoms in total. The molecular weight excluding hydrogens is 272 g/mol. The number of hydrogen-bond acceptors (Lipinski definition) is 5. The lowest BCUT2D eigenvalue weighted by Gasteiger charge is -2.20. The third-order valence-electron chi connectivity index (χ3n) is 2.02. The minimum atomic E-state index is -5.65. The number of alkyl halides is 2. The minimum Gasteiger partial charge on any atom is -0.451 e. The predicted octanol–water partition coefficient (Wildman–Crippen LogP) is 1.11. The first-order valence-electron chi connectivity index (χ1n) is 4.62. The Kier molecular flexibility index (Phi) is 3.97. The molecule has 0 aliphatic rings. The van der Waals surface area contributed by atoms with Crippen molar-refractivity contribution < 1.29 is 31.3 Å². The molecule has 1 aromatic heterocycles. The van der Waals surface area contributed by atoms with Crippen LogP contribution in [0, 0.1) is 0 Å². The van der Waals surface area contributed by atoms with Gasteiger partial charge in [0.25, 0.3) is 0 Å². The Morgan fingerprint density at radius 1 is 1.44 bits per heavy atom. The van der Waals surface area contributed by atoms with Crippen molar-refractivity contribution in [3.8, 4) is 0 Å². The van der Waals surface area contributed by atoms with Crippen LogP contribution in [-0.2, 0) is 14.9 Å². The first-order valence-corrected chi connectivity index (χ1v) is 6.06. The highest BCUT2D eigenvalue weighted by molar-refractivity contribution is 7.86. The highest BCUT2D eigenvalue weighted by Crippen LogP contribution is 2.27. The van der Waals surface area contributed by atoms with Crippen molar-refractivity contribution in [2.45, 2.75) is 18.3 Å². The molecule has 1 N–H and O–H groups in total. The van der Waals surface area contributed by atoms with Crippen LogP contribution in [0.1, 0.15) is 17.3 Å². The van der Waals surface area contributed by atoms with Crippen molar-refractivity contribution in [2.24, 2.45) is 0 Å². The number of rotatable bonds is 4. The number of nitrogens with zero attached hydrogens (tertiary/aromatic N) is 1. The Labute approximate surface area is 101 Å². The summed E-state index contributed by atoms with van der Waals surface area (Å²) in [6.45, 7) is 0.660. The molecule has 1 atom stereocenters. The fourth-order valence-corrected chi connectivity index (χ4v) is 1.46. The average Bonchev–Trinajstić information content (AvgIpc) is 2.28. The Bertz CT molecular complexity index is 531. The second-order valence-corrected chi connectivity index (χ2v) is 4.81. The average molecular weight is 281 g/mol. The molecule has 1 unspecified atom stereocenters. The van der Waals surface area contributed by atoms with Gasteiger partial charge in [0.1, 0.15) is 0 Å². The number of hydrogen-bond donors (Lipinski definition) is 1. The molecule has 0 aliphatic heterocycles. The van der Waals surface area contributed by atoms with E-state index < -0.39 is 27.4 Å². The van der Waals surface area contributed by atoms with Gasteiger partial charge in [-0.2, -0.15) is 17.2 Å². The highest BCUT2D eigenvalue weighted by Gasteiger charge is 2.51. The van der Waals surface area contributed by atoms with E-state index in [1.807, 2.05) is 0 Å². The molecule has 0 radical (unpaired) electrons. The van der Waals surface area contributed by atoms with Crippen molar-refractivity contribution in [3.05, 3.63) is 30.1 Å². The van der Waals surface area contributed by atoms with Gasteiger partial charge < -0.3 is 4.74 Å². The van der Waals surface area contributed by atoms with Crippen molar-refractivity contribution in [2.75, 3.05) is 0 Å². The van der Waals surface area contributed by atoms with Crippen LogP contribution in [0.25, 0.3) is 0 Å². The number of carbonyl (C=O) groups excluding carboxylic acids is 1. The molecule has 0 saturated carbocycles. The highest BCUT2D eigenvalue weighted by atomic mass is 32.2. The van der Waals surface area contributed by atoms with Crippen LogP contribution in [0.3, 0.4) is 0 Å². The summed E-state index contributed by atoms with van der Waals surface area (Å²) in [5.74, 6) is -1.15. The Hall–Kier alpha value is -1.61. The Morgan fingerprint density at radius 3 is 2.39 bits per heavy atom. The number of ether oxygens (including phenoxy) is 1. The third kappa shape index (κ3) is 2.99. The fourth-order valence-electron chi connectivity index (χ4n) is 0.995.